The highest BCUT2D eigenvalue weighted by molar-refractivity contribution is 7.17. The van der Waals surface area contributed by atoms with E-state index in [1.165, 1.54) is 15.9 Å². The average Bonchev–Trinajstić information content (AvgIpc) is 3.01. The third-order valence-corrected chi connectivity index (χ3v) is 5.70. The molecule has 0 unspecified atom stereocenters. The molecule has 0 aliphatic carbocycles. The van der Waals surface area contributed by atoms with Gasteiger partial charge in [-0.05, 0) is 38.5 Å². The lowest BCUT2D eigenvalue weighted by molar-refractivity contribution is 0.216. The molecule has 24 heavy (non-hydrogen) atoms. The fourth-order valence-electron chi connectivity index (χ4n) is 3.45. The zero-order valence-electron chi connectivity index (χ0n) is 13.5. The number of nitrogens with zero attached hydrogens (tertiary/aromatic N) is 2. The van der Waals surface area contributed by atoms with Crippen LogP contribution in [0, 0.1) is 0 Å². The van der Waals surface area contributed by atoms with Crippen molar-refractivity contribution < 1.29 is 0 Å². The summed E-state index contributed by atoms with van der Waals surface area (Å²) in [6.45, 7) is 1.81. The van der Waals surface area contributed by atoms with E-state index in [9.17, 15) is 9.59 Å². The van der Waals surface area contributed by atoms with Crippen molar-refractivity contribution in [2.75, 3.05) is 20.1 Å². The van der Waals surface area contributed by atoms with Crippen molar-refractivity contribution in [2.45, 2.75) is 18.9 Å². The number of H-pyrrole nitrogens is 1. The zero-order valence-corrected chi connectivity index (χ0v) is 14.3. The second-order valence-electron chi connectivity index (χ2n) is 6.36. The maximum atomic E-state index is 13.1. The topological polar surface area (TPSA) is 58.1 Å². The van der Waals surface area contributed by atoms with Crippen LogP contribution in [-0.4, -0.2) is 34.6 Å². The van der Waals surface area contributed by atoms with Gasteiger partial charge in [0.05, 0.1) is 5.39 Å². The standard InChI is InChI=1S/C18H19N3O2S/c1-20-9-7-13(8-10-20)21-17(22)15-14(12-5-3-2-4-6-12)11-24-16(15)19-18(21)23/h2-6,11,13H,7-10H2,1H3,(H,19,23). The summed E-state index contributed by atoms with van der Waals surface area (Å²) in [4.78, 5) is 31.4. The number of fused-ring (bicyclic) bond motifs is 1. The first-order chi connectivity index (χ1) is 11.6. The fraction of sp³-hybridized carbons (Fsp3) is 0.333. The number of hydrogen-bond acceptors (Lipinski definition) is 4. The number of hydrogen-bond donors (Lipinski definition) is 1. The van der Waals surface area contributed by atoms with Gasteiger partial charge in [-0.15, -0.1) is 11.3 Å². The van der Waals surface area contributed by atoms with Crippen molar-refractivity contribution >= 4 is 21.6 Å². The number of benzene rings is 1. The van der Waals surface area contributed by atoms with Crippen LogP contribution in [0.1, 0.15) is 18.9 Å². The van der Waals surface area contributed by atoms with E-state index in [2.05, 4.69) is 16.9 Å². The third-order valence-electron chi connectivity index (χ3n) is 4.80. The average molecular weight is 341 g/mol. The summed E-state index contributed by atoms with van der Waals surface area (Å²) >= 11 is 1.42. The van der Waals surface area contributed by atoms with Gasteiger partial charge in [-0.3, -0.25) is 14.3 Å². The van der Waals surface area contributed by atoms with E-state index in [1.807, 2.05) is 35.7 Å². The second kappa shape index (κ2) is 6.03. The molecule has 0 amide bonds. The van der Waals surface area contributed by atoms with E-state index >= 15 is 0 Å². The normalized spacial score (nSPS) is 16.7. The Balaban J connectivity index is 1.90. The van der Waals surface area contributed by atoms with Gasteiger partial charge < -0.3 is 4.90 Å². The van der Waals surface area contributed by atoms with E-state index in [4.69, 9.17) is 0 Å². The first-order valence-electron chi connectivity index (χ1n) is 8.15. The van der Waals surface area contributed by atoms with Crippen molar-refractivity contribution in [3.05, 3.63) is 56.5 Å². The smallest absolute Gasteiger partial charge is 0.306 e. The predicted octanol–water partition coefficient (Wildman–Crippen LogP) is 2.69. The summed E-state index contributed by atoms with van der Waals surface area (Å²) in [7, 11) is 2.07. The first kappa shape index (κ1) is 15.4. The van der Waals surface area contributed by atoms with Crippen LogP contribution in [-0.2, 0) is 0 Å². The van der Waals surface area contributed by atoms with Gasteiger partial charge in [0.1, 0.15) is 4.83 Å². The lowest BCUT2D eigenvalue weighted by Gasteiger charge is -2.29. The highest BCUT2D eigenvalue weighted by atomic mass is 32.1. The van der Waals surface area contributed by atoms with Crippen molar-refractivity contribution in [3.8, 4) is 11.1 Å². The quantitative estimate of drug-likeness (QED) is 0.780. The Kier molecular flexibility index (Phi) is 3.86. The van der Waals surface area contributed by atoms with Crippen LogP contribution in [0.2, 0.25) is 0 Å². The molecule has 5 nitrogen and oxygen atoms in total. The van der Waals surface area contributed by atoms with Crippen LogP contribution in [0.5, 0.6) is 0 Å². The predicted molar refractivity (Wildman–Crippen MR) is 97.9 cm³/mol. The zero-order chi connectivity index (χ0) is 16.7. The van der Waals surface area contributed by atoms with Gasteiger partial charge in [0.25, 0.3) is 5.56 Å². The molecule has 0 radical (unpaired) electrons. The molecule has 0 spiro atoms. The lowest BCUT2D eigenvalue weighted by Crippen LogP contribution is -2.42. The molecule has 1 saturated heterocycles. The Bertz CT molecular complexity index is 979. The molecule has 0 bridgehead atoms. The van der Waals surface area contributed by atoms with E-state index in [0.717, 1.165) is 37.1 Å². The molecule has 1 aromatic carbocycles. The molecule has 0 atom stereocenters. The maximum absolute atomic E-state index is 13.1. The van der Waals surface area contributed by atoms with Gasteiger partial charge >= 0.3 is 5.69 Å². The van der Waals surface area contributed by atoms with Gasteiger partial charge in [0, 0.05) is 17.0 Å². The lowest BCUT2D eigenvalue weighted by atomic mass is 10.0. The molecule has 4 rings (SSSR count). The maximum Gasteiger partial charge on any atom is 0.329 e. The van der Waals surface area contributed by atoms with Crippen molar-refractivity contribution in [3.63, 3.8) is 0 Å². The summed E-state index contributed by atoms with van der Waals surface area (Å²) in [6, 6.07) is 9.83. The molecule has 3 heterocycles. The molecule has 124 valence electrons. The van der Waals surface area contributed by atoms with Crippen molar-refractivity contribution in [1.82, 2.24) is 14.5 Å². The minimum atomic E-state index is -0.288. The third kappa shape index (κ3) is 2.52. The number of nitrogens with one attached hydrogen (secondary N) is 1. The van der Waals surface area contributed by atoms with Crippen molar-refractivity contribution in [1.29, 1.82) is 0 Å². The van der Waals surface area contributed by atoms with E-state index < -0.39 is 0 Å². The summed E-state index contributed by atoms with van der Waals surface area (Å²) < 4.78 is 1.44. The van der Waals surface area contributed by atoms with E-state index in [1.54, 1.807) is 0 Å². The number of thiophene rings is 1. The number of piperidine rings is 1. The molecule has 0 saturated carbocycles. The highest BCUT2D eigenvalue weighted by Crippen LogP contribution is 2.30. The number of likely N-dealkylation sites (tertiary alicyclic amines) is 1. The molecule has 6 heteroatoms. The molecule has 3 aromatic rings. The number of aromatic amines is 1. The summed E-state index contributed by atoms with van der Waals surface area (Å²) in [5, 5.41) is 2.58. The van der Waals surface area contributed by atoms with Gasteiger partial charge in [-0.1, -0.05) is 30.3 Å². The Labute approximate surface area is 143 Å². The summed E-state index contributed by atoms with van der Waals surface area (Å²) in [5.74, 6) is 0. The monoisotopic (exact) mass is 341 g/mol. The van der Waals surface area contributed by atoms with Crippen LogP contribution in [0.25, 0.3) is 21.3 Å². The molecule has 1 N–H and O–H groups in total. The fourth-order valence-corrected chi connectivity index (χ4v) is 4.40. The molecule has 1 aliphatic heterocycles. The molecule has 1 aliphatic rings. The minimum absolute atomic E-state index is 0.0228. The van der Waals surface area contributed by atoms with Crippen LogP contribution >= 0.6 is 11.3 Å². The number of rotatable bonds is 2. The minimum Gasteiger partial charge on any atom is -0.306 e. The SMILES string of the molecule is CN1CCC(n2c(=O)[nH]c3scc(-c4ccccc4)c3c2=O)CC1. The highest BCUT2D eigenvalue weighted by Gasteiger charge is 2.23. The summed E-state index contributed by atoms with van der Waals surface area (Å²) in [6.07, 6.45) is 1.66. The van der Waals surface area contributed by atoms with Crippen LogP contribution in [0.15, 0.2) is 45.3 Å². The molecule has 1 fully saturated rings. The Morgan fingerprint density at radius 2 is 1.83 bits per heavy atom. The molecular formula is C18H19N3O2S. The van der Waals surface area contributed by atoms with Crippen LogP contribution in [0.3, 0.4) is 0 Å². The van der Waals surface area contributed by atoms with Gasteiger partial charge in [0.2, 0.25) is 0 Å². The van der Waals surface area contributed by atoms with E-state index in [0.29, 0.717) is 10.2 Å². The first-order valence-corrected chi connectivity index (χ1v) is 9.03. The largest absolute Gasteiger partial charge is 0.329 e. The second-order valence-corrected chi connectivity index (χ2v) is 7.24. The summed E-state index contributed by atoms with van der Waals surface area (Å²) in [5.41, 5.74) is 1.45. The van der Waals surface area contributed by atoms with E-state index in [-0.39, 0.29) is 17.3 Å². The van der Waals surface area contributed by atoms with Gasteiger partial charge in [0.15, 0.2) is 0 Å². The number of aromatic nitrogens is 2. The molecule has 2 aromatic heterocycles. The van der Waals surface area contributed by atoms with Gasteiger partial charge in [-0.25, -0.2) is 4.79 Å². The van der Waals surface area contributed by atoms with Gasteiger partial charge in [-0.2, -0.15) is 0 Å². The van der Waals surface area contributed by atoms with Crippen LogP contribution in [0.4, 0.5) is 0 Å². The van der Waals surface area contributed by atoms with Crippen molar-refractivity contribution in [2.24, 2.45) is 0 Å². The Morgan fingerprint density at radius 3 is 2.54 bits per heavy atom. The van der Waals surface area contributed by atoms with Crippen LogP contribution < -0.4 is 11.2 Å². The Hall–Kier alpha value is -2.18. The molecular weight excluding hydrogens is 322 g/mol. The Morgan fingerprint density at radius 1 is 1.12 bits per heavy atom.